The molecule has 0 aromatic heterocycles. The smallest absolute Gasteiger partial charge is 0.497 e. The Hall–Kier alpha value is -3.80. The largest absolute Gasteiger partial charge is 0.519 e. The van der Waals surface area contributed by atoms with Crippen molar-refractivity contribution in [3.63, 3.8) is 0 Å². The van der Waals surface area contributed by atoms with Gasteiger partial charge in [-0.05, 0) is 59.7 Å². The quantitative estimate of drug-likeness (QED) is 0.442. The van der Waals surface area contributed by atoms with Crippen molar-refractivity contribution in [1.82, 2.24) is 0 Å². The second-order valence-electron chi connectivity index (χ2n) is 7.16. The van der Waals surface area contributed by atoms with Crippen LogP contribution in [0.25, 0.3) is 0 Å². The monoisotopic (exact) mass is 406 g/mol. The molecule has 1 N–H and O–H groups in total. The van der Waals surface area contributed by atoms with Gasteiger partial charge in [0.2, 0.25) is 0 Å². The molecule has 0 aliphatic rings. The number of aromatic carboxylic acids is 1. The highest BCUT2D eigenvalue weighted by atomic mass is 16.7. The van der Waals surface area contributed by atoms with Crippen molar-refractivity contribution in [3.05, 3.63) is 89.5 Å². The second kappa shape index (κ2) is 8.69. The summed E-state index contributed by atoms with van der Waals surface area (Å²) in [6, 6.07) is 20.6. The van der Waals surface area contributed by atoms with Crippen molar-refractivity contribution in [3.8, 4) is 17.2 Å². The van der Waals surface area contributed by atoms with Crippen LogP contribution in [-0.4, -0.2) is 24.3 Å². The van der Waals surface area contributed by atoms with E-state index in [1.807, 2.05) is 36.4 Å². The first kappa shape index (κ1) is 20.9. The lowest BCUT2D eigenvalue weighted by atomic mass is 9.78. The van der Waals surface area contributed by atoms with Crippen molar-refractivity contribution in [2.45, 2.75) is 19.3 Å². The molecule has 0 saturated heterocycles. The molecule has 0 aliphatic heterocycles. The van der Waals surface area contributed by atoms with Gasteiger partial charge in [-0.25, -0.2) is 9.59 Å². The molecule has 30 heavy (non-hydrogen) atoms. The number of benzene rings is 3. The van der Waals surface area contributed by atoms with Crippen molar-refractivity contribution >= 4 is 12.1 Å². The molecule has 154 valence electrons. The Morgan fingerprint density at radius 2 is 1.10 bits per heavy atom. The molecule has 0 unspecified atom stereocenters. The van der Waals surface area contributed by atoms with Crippen molar-refractivity contribution in [2.75, 3.05) is 7.11 Å². The minimum atomic E-state index is -1.05. The predicted octanol–water partition coefficient (Wildman–Crippen LogP) is 5.30. The van der Waals surface area contributed by atoms with E-state index in [1.54, 1.807) is 19.2 Å². The van der Waals surface area contributed by atoms with Crippen LogP contribution in [0.1, 0.15) is 35.3 Å². The number of carboxylic acid groups (broad SMARTS) is 1. The van der Waals surface area contributed by atoms with Crippen molar-refractivity contribution in [1.29, 1.82) is 0 Å². The molecule has 0 bridgehead atoms. The molecule has 0 heterocycles. The maximum absolute atomic E-state index is 12.0. The number of rotatable bonds is 6. The lowest BCUT2D eigenvalue weighted by molar-refractivity contribution is 0.0697. The van der Waals surface area contributed by atoms with Crippen LogP contribution in [0, 0.1) is 0 Å². The van der Waals surface area contributed by atoms with Crippen LogP contribution < -0.4 is 14.2 Å². The highest BCUT2D eigenvalue weighted by molar-refractivity contribution is 5.87. The molecule has 0 amide bonds. The average Bonchev–Trinajstić information content (AvgIpc) is 2.74. The SMILES string of the molecule is COc1ccc(C(C)(C)c2ccc(OC(=O)Oc3ccc(C(=O)O)cc3)cc2)cc1. The van der Waals surface area contributed by atoms with Crippen LogP contribution >= 0.6 is 0 Å². The van der Waals surface area contributed by atoms with E-state index < -0.39 is 12.1 Å². The normalized spacial score (nSPS) is 10.9. The van der Waals surface area contributed by atoms with Gasteiger partial charge in [0.05, 0.1) is 12.7 Å². The summed E-state index contributed by atoms with van der Waals surface area (Å²) in [5.41, 5.74) is 2.03. The molecule has 3 rings (SSSR count). The highest BCUT2D eigenvalue weighted by Gasteiger charge is 2.23. The van der Waals surface area contributed by atoms with Gasteiger partial charge in [0.25, 0.3) is 0 Å². The van der Waals surface area contributed by atoms with Crippen molar-refractivity contribution in [2.24, 2.45) is 0 Å². The molecule has 3 aromatic carbocycles. The molecule has 6 heteroatoms. The number of carboxylic acids is 1. The van der Waals surface area contributed by atoms with Gasteiger partial charge < -0.3 is 19.3 Å². The Morgan fingerprint density at radius 1 is 0.700 bits per heavy atom. The minimum absolute atomic E-state index is 0.103. The Balaban J connectivity index is 1.65. The van der Waals surface area contributed by atoms with Gasteiger partial charge in [0.15, 0.2) is 0 Å². The third-order valence-electron chi connectivity index (χ3n) is 4.89. The first-order valence-corrected chi connectivity index (χ1v) is 9.27. The summed E-state index contributed by atoms with van der Waals surface area (Å²) in [6.07, 6.45) is -0.903. The van der Waals surface area contributed by atoms with Gasteiger partial charge in [0.1, 0.15) is 17.2 Å². The Morgan fingerprint density at radius 3 is 1.50 bits per heavy atom. The van der Waals surface area contributed by atoms with Gasteiger partial charge in [-0.2, -0.15) is 0 Å². The molecule has 0 spiro atoms. The molecule has 0 aliphatic carbocycles. The van der Waals surface area contributed by atoms with Crippen LogP contribution in [0.4, 0.5) is 4.79 Å². The van der Waals surface area contributed by atoms with E-state index in [4.69, 9.17) is 19.3 Å². The second-order valence-corrected chi connectivity index (χ2v) is 7.16. The standard InChI is InChI=1S/C24H22O6/c1-24(2,17-6-12-19(28-3)13-7-17)18-8-14-21(15-9-18)30-23(27)29-20-10-4-16(5-11-20)22(25)26/h4-15H,1-3H3,(H,25,26). The van der Waals surface area contributed by atoms with E-state index >= 15 is 0 Å². The summed E-state index contributed by atoms with van der Waals surface area (Å²) in [6.45, 7) is 4.22. The van der Waals surface area contributed by atoms with E-state index in [9.17, 15) is 9.59 Å². The van der Waals surface area contributed by atoms with E-state index in [-0.39, 0.29) is 16.7 Å². The van der Waals surface area contributed by atoms with Gasteiger partial charge in [-0.3, -0.25) is 0 Å². The zero-order valence-corrected chi connectivity index (χ0v) is 16.9. The first-order chi connectivity index (χ1) is 14.3. The summed E-state index contributed by atoms with van der Waals surface area (Å²) >= 11 is 0. The zero-order valence-electron chi connectivity index (χ0n) is 16.9. The Kier molecular flexibility index (Phi) is 6.06. The first-order valence-electron chi connectivity index (χ1n) is 9.27. The van der Waals surface area contributed by atoms with Crippen LogP contribution in [0.2, 0.25) is 0 Å². The molecule has 0 fully saturated rings. The van der Waals surface area contributed by atoms with Crippen molar-refractivity contribution < 1.29 is 28.9 Å². The van der Waals surface area contributed by atoms with E-state index in [1.165, 1.54) is 24.3 Å². The fraction of sp³-hybridized carbons (Fsp3) is 0.167. The number of carbonyl (C=O) groups excluding carboxylic acids is 1. The molecule has 6 nitrogen and oxygen atoms in total. The van der Waals surface area contributed by atoms with Crippen LogP contribution in [0.5, 0.6) is 17.2 Å². The molecule has 0 saturated carbocycles. The van der Waals surface area contributed by atoms with Gasteiger partial charge >= 0.3 is 12.1 Å². The maximum Gasteiger partial charge on any atom is 0.519 e. The van der Waals surface area contributed by atoms with Crippen LogP contribution in [0.15, 0.2) is 72.8 Å². The number of hydrogen-bond acceptors (Lipinski definition) is 5. The molecule has 0 atom stereocenters. The summed E-state index contributed by atoms with van der Waals surface area (Å²) in [5.74, 6) is 0.287. The summed E-state index contributed by atoms with van der Waals surface area (Å²) in [5, 5.41) is 8.89. The van der Waals surface area contributed by atoms with Gasteiger partial charge in [0, 0.05) is 5.41 Å². The average molecular weight is 406 g/mol. The summed E-state index contributed by atoms with van der Waals surface area (Å²) < 4.78 is 15.5. The highest BCUT2D eigenvalue weighted by Crippen LogP contribution is 2.33. The molecular formula is C24H22O6. The lowest BCUT2D eigenvalue weighted by Crippen LogP contribution is -2.19. The Labute approximate surface area is 174 Å². The number of ether oxygens (including phenoxy) is 3. The molecular weight excluding hydrogens is 384 g/mol. The number of carbonyl (C=O) groups is 2. The zero-order chi connectivity index (χ0) is 21.7. The summed E-state index contributed by atoms with van der Waals surface area (Å²) in [4.78, 5) is 22.8. The third-order valence-corrected chi connectivity index (χ3v) is 4.89. The van der Waals surface area contributed by atoms with Gasteiger partial charge in [-0.1, -0.05) is 38.1 Å². The lowest BCUT2D eigenvalue weighted by Gasteiger charge is -2.26. The van der Waals surface area contributed by atoms with E-state index in [2.05, 4.69) is 13.8 Å². The molecule has 3 aromatic rings. The number of hydrogen-bond donors (Lipinski definition) is 1. The fourth-order valence-electron chi connectivity index (χ4n) is 2.99. The topological polar surface area (TPSA) is 82.1 Å². The molecule has 0 radical (unpaired) electrons. The minimum Gasteiger partial charge on any atom is -0.497 e. The Bertz CT molecular complexity index is 1020. The van der Waals surface area contributed by atoms with Gasteiger partial charge in [-0.15, -0.1) is 0 Å². The predicted molar refractivity (Wildman–Crippen MR) is 112 cm³/mol. The van der Waals surface area contributed by atoms with Crippen LogP contribution in [0.3, 0.4) is 0 Å². The van der Waals surface area contributed by atoms with E-state index in [0.29, 0.717) is 5.75 Å². The third kappa shape index (κ3) is 4.78. The maximum atomic E-state index is 12.0. The number of methoxy groups -OCH3 is 1. The fourth-order valence-corrected chi connectivity index (χ4v) is 2.99. The van der Waals surface area contributed by atoms with Crippen LogP contribution in [-0.2, 0) is 5.41 Å². The summed E-state index contributed by atoms with van der Waals surface area (Å²) in [7, 11) is 1.63. The van der Waals surface area contributed by atoms with E-state index in [0.717, 1.165) is 16.9 Å².